The van der Waals surface area contributed by atoms with Crippen LogP contribution in [-0.4, -0.2) is 18.4 Å². The molecular weight excluding hydrogens is 246 g/mol. The van der Waals surface area contributed by atoms with Gasteiger partial charge in [0.1, 0.15) is 10.1 Å². The smallest absolute Gasteiger partial charge is 0.744 e. The maximum absolute atomic E-state index is 10.4. The largest absolute Gasteiger partial charge is 2.00 e. The van der Waals surface area contributed by atoms with Crippen molar-refractivity contribution in [3.05, 3.63) is 29.8 Å². The monoisotopic (exact) mass is 253 g/mol. The van der Waals surface area contributed by atoms with E-state index >= 15 is 0 Å². The SMILES string of the molecule is Cc1ccc(S(=O)(=O)[O-])cc1.O.[Zn+2]. The average molecular weight is 255 g/mol. The average Bonchev–Trinajstić information content (AvgIpc) is 1.86. The number of benzene rings is 1. The Kier molecular flexibility index (Phi) is 6.37. The van der Waals surface area contributed by atoms with Crippen LogP contribution in [0.3, 0.4) is 0 Å². The molecule has 13 heavy (non-hydrogen) atoms. The first-order valence-corrected chi connectivity index (χ1v) is 4.43. The molecule has 1 rings (SSSR count). The van der Waals surface area contributed by atoms with Crippen molar-refractivity contribution >= 4 is 10.1 Å². The van der Waals surface area contributed by atoms with Gasteiger partial charge in [-0.25, -0.2) is 8.42 Å². The zero-order valence-corrected chi connectivity index (χ0v) is 10.9. The van der Waals surface area contributed by atoms with Crippen LogP contribution in [0.15, 0.2) is 29.2 Å². The van der Waals surface area contributed by atoms with Crippen molar-refractivity contribution in [2.45, 2.75) is 11.8 Å². The van der Waals surface area contributed by atoms with E-state index < -0.39 is 10.1 Å². The van der Waals surface area contributed by atoms with E-state index in [-0.39, 0.29) is 29.8 Å². The van der Waals surface area contributed by atoms with Crippen LogP contribution in [-0.2, 0) is 29.6 Å². The zero-order chi connectivity index (χ0) is 8.48. The van der Waals surface area contributed by atoms with Crippen molar-refractivity contribution in [3.8, 4) is 0 Å². The predicted molar refractivity (Wildman–Crippen MR) is 42.8 cm³/mol. The van der Waals surface area contributed by atoms with Gasteiger partial charge in [-0.2, -0.15) is 0 Å². The van der Waals surface area contributed by atoms with Crippen LogP contribution in [0.1, 0.15) is 5.56 Å². The van der Waals surface area contributed by atoms with Crippen molar-refractivity contribution in [3.63, 3.8) is 0 Å². The third-order valence-electron chi connectivity index (χ3n) is 1.31. The van der Waals surface area contributed by atoms with Gasteiger partial charge in [-0.05, 0) is 19.1 Å². The van der Waals surface area contributed by atoms with Gasteiger partial charge in [0.25, 0.3) is 0 Å². The normalized spacial score (nSPS) is 9.69. The molecule has 0 fully saturated rings. The Morgan fingerprint density at radius 1 is 1.15 bits per heavy atom. The molecule has 0 aliphatic rings. The van der Waals surface area contributed by atoms with E-state index in [1.807, 2.05) is 6.92 Å². The Hall–Kier alpha value is -0.287. The topological polar surface area (TPSA) is 88.7 Å². The van der Waals surface area contributed by atoms with Crippen molar-refractivity contribution in [2.24, 2.45) is 0 Å². The van der Waals surface area contributed by atoms with Gasteiger partial charge >= 0.3 is 19.5 Å². The molecule has 4 nitrogen and oxygen atoms in total. The van der Waals surface area contributed by atoms with Gasteiger partial charge in [0.05, 0.1) is 4.90 Å². The van der Waals surface area contributed by atoms with Gasteiger partial charge in [0, 0.05) is 0 Å². The van der Waals surface area contributed by atoms with E-state index in [0.29, 0.717) is 0 Å². The van der Waals surface area contributed by atoms with E-state index in [0.717, 1.165) is 5.56 Å². The standard InChI is InChI=1S/C7H8O3S.H2O.Zn/c1-6-2-4-7(5-3-6)11(8,9)10;;/h2-5H,1H3,(H,8,9,10);1H2;/q;;+2/p-1. The van der Waals surface area contributed by atoms with Crippen molar-refractivity contribution in [1.82, 2.24) is 0 Å². The summed E-state index contributed by atoms with van der Waals surface area (Å²) in [6, 6.07) is 5.78. The molecule has 0 aliphatic heterocycles. The summed E-state index contributed by atoms with van der Waals surface area (Å²) in [6.07, 6.45) is 0. The maximum atomic E-state index is 10.4. The molecule has 0 aliphatic carbocycles. The Morgan fingerprint density at radius 3 is 1.85 bits per heavy atom. The van der Waals surface area contributed by atoms with Crippen LogP contribution in [0.4, 0.5) is 0 Å². The molecule has 68 valence electrons. The summed E-state index contributed by atoms with van der Waals surface area (Å²) in [7, 11) is -4.27. The van der Waals surface area contributed by atoms with E-state index in [4.69, 9.17) is 0 Å². The first kappa shape index (κ1) is 15.2. The molecule has 0 radical (unpaired) electrons. The van der Waals surface area contributed by atoms with Crippen LogP contribution < -0.4 is 0 Å². The Morgan fingerprint density at radius 2 is 1.54 bits per heavy atom. The fraction of sp³-hybridized carbons (Fsp3) is 0.143. The molecular formula is C7H9O4SZn+. The van der Waals surface area contributed by atoms with Gasteiger partial charge < -0.3 is 10.0 Å². The van der Waals surface area contributed by atoms with Gasteiger partial charge in [-0.1, -0.05) is 17.7 Å². The van der Waals surface area contributed by atoms with Crippen LogP contribution >= 0.6 is 0 Å². The summed E-state index contributed by atoms with van der Waals surface area (Å²) in [5, 5.41) is 0. The van der Waals surface area contributed by atoms with Crippen LogP contribution in [0.2, 0.25) is 0 Å². The fourth-order valence-electron chi connectivity index (χ4n) is 0.705. The van der Waals surface area contributed by atoms with Crippen molar-refractivity contribution < 1.29 is 37.9 Å². The molecule has 0 aromatic heterocycles. The summed E-state index contributed by atoms with van der Waals surface area (Å²) in [6.45, 7) is 1.82. The second-order valence-corrected chi connectivity index (χ2v) is 3.65. The predicted octanol–water partition coefficient (Wildman–Crippen LogP) is 0.0719. The first-order chi connectivity index (χ1) is 5.00. The van der Waals surface area contributed by atoms with Crippen molar-refractivity contribution in [1.29, 1.82) is 0 Å². The molecule has 2 N–H and O–H groups in total. The van der Waals surface area contributed by atoms with E-state index in [1.165, 1.54) is 12.1 Å². The maximum Gasteiger partial charge on any atom is 2.00 e. The van der Waals surface area contributed by atoms with Gasteiger partial charge in [-0.15, -0.1) is 0 Å². The molecule has 0 heterocycles. The van der Waals surface area contributed by atoms with Gasteiger partial charge in [-0.3, -0.25) is 0 Å². The van der Waals surface area contributed by atoms with E-state index in [1.54, 1.807) is 12.1 Å². The molecule has 0 spiro atoms. The Bertz CT molecular complexity index is 343. The number of rotatable bonds is 1. The number of hydrogen-bond donors (Lipinski definition) is 0. The van der Waals surface area contributed by atoms with Crippen LogP contribution in [0, 0.1) is 6.92 Å². The molecule has 0 unspecified atom stereocenters. The minimum atomic E-state index is -4.27. The van der Waals surface area contributed by atoms with Gasteiger partial charge in [0.2, 0.25) is 0 Å². The molecule has 0 bridgehead atoms. The summed E-state index contributed by atoms with van der Waals surface area (Å²) in [4.78, 5) is -0.178. The molecule has 0 amide bonds. The summed E-state index contributed by atoms with van der Waals surface area (Å²) >= 11 is 0. The van der Waals surface area contributed by atoms with Gasteiger partial charge in [0.15, 0.2) is 0 Å². The van der Waals surface area contributed by atoms with E-state index in [2.05, 4.69) is 0 Å². The molecule has 0 saturated carbocycles. The Labute approximate surface area is 89.8 Å². The third kappa shape index (κ3) is 4.48. The third-order valence-corrected chi connectivity index (χ3v) is 2.16. The summed E-state index contributed by atoms with van der Waals surface area (Å²) in [5.74, 6) is 0. The quantitative estimate of drug-likeness (QED) is 0.525. The van der Waals surface area contributed by atoms with E-state index in [9.17, 15) is 13.0 Å². The second-order valence-electron chi connectivity index (χ2n) is 2.27. The fourth-order valence-corrected chi connectivity index (χ4v) is 1.17. The second kappa shape index (κ2) is 5.44. The molecule has 1 aromatic rings. The van der Waals surface area contributed by atoms with Crippen LogP contribution in [0.25, 0.3) is 0 Å². The van der Waals surface area contributed by atoms with Crippen molar-refractivity contribution in [2.75, 3.05) is 0 Å². The summed E-state index contributed by atoms with van der Waals surface area (Å²) < 4.78 is 31.2. The number of hydrogen-bond acceptors (Lipinski definition) is 3. The molecule has 1 aromatic carbocycles. The Balaban J connectivity index is 0. The molecule has 6 heteroatoms. The zero-order valence-electron chi connectivity index (χ0n) is 7.15. The first-order valence-electron chi connectivity index (χ1n) is 3.03. The summed E-state index contributed by atoms with van der Waals surface area (Å²) in [5.41, 5.74) is 0.928. The minimum Gasteiger partial charge on any atom is -0.744 e. The van der Waals surface area contributed by atoms with Crippen LogP contribution in [0.5, 0.6) is 0 Å². The molecule has 0 atom stereocenters. The minimum absolute atomic E-state index is 0. The number of aryl methyl sites for hydroxylation is 1. The molecule has 0 saturated heterocycles.